The minimum atomic E-state index is 0.662. The molecule has 1 aliphatic carbocycles. The van der Waals surface area contributed by atoms with E-state index in [1.54, 1.807) is 0 Å². The summed E-state index contributed by atoms with van der Waals surface area (Å²) in [4.78, 5) is 2.42. The van der Waals surface area contributed by atoms with Gasteiger partial charge in [-0.25, -0.2) is 0 Å². The summed E-state index contributed by atoms with van der Waals surface area (Å²) in [5.74, 6) is 0.847. The molecule has 2 atom stereocenters. The molecule has 0 radical (unpaired) electrons. The van der Waals surface area contributed by atoms with Crippen LogP contribution in [-0.4, -0.2) is 19.6 Å². The number of hydrogen-bond acceptors (Lipinski definition) is 2. The fourth-order valence-corrected chi connectivity index (χ4v) is 3.36. The normalized spacial score (nSPS) is 22.8. The molecule has 0 heterocycles. The van der Waals surface area contributed by atoms with Gasteiger partial charge in [-0.15, -0.1) is 0 Å². The Morgan fingerprint density at radius 3 is 2.80 bits per heavy atom. The van der Waals surface area contributed by atoms with E-state index >= 15 is 0 Å². The molecule has 1 saturated carbocycles. The van der Waals surface area contributed by atoms with Crippen LogP contribution in [-0.2, 0) is 6.54 Å². The predicted octanol–water partition coefficient (Wildman–Crippen LogP) is 4.46. The van der Waals surface area contributed by atoms with E-state index in [-0.39, 0.29) is 0 Å². The Morgan fingerprint density at radius 2 is 2.15 bits per heavy atom. The topological polar surface area (TPSA) is 15.3 Å². The molecule has 20 heavy (non-hydrogen) atoms. The summed E-state index contributed by atoms with van der Waals surface area (Å²) in [5, 5.41) is 4.20. The molecular weight excluding hydrogens is 268 g/mol. The third-order valence-electron chi connectivity index (χ3n) is 4.47. The van der Waals surface area contributed by atoms with Gasteiger partial charge in [-0.1, -0.05) is 44.4 Å². The first-order chi connectivity index (χ1) is 9.61. The van der Waals surface area contributed by atoms with Crippen LogP contribution in [0.5, 0.6) is 0 Å². The Morgan fingerprint density at radius 1 is 1.35 bits per heavy atom. The van der Waals surface area contributed by atoms with Crippen molar-refractivity contribution in [3.63, 3.8) is 0 Å². The van der Waals surface area contributed by atoms with Gasteiger partial charge in [-0.05, 0) is 43.0 Å². The zero-order valence-electron chi connectivity index (χ0n) is 13.0. The third-order valence-corrected chi connectivity index (χ3v) is 4.82. The molecule has 2 nitrogen and oxygen atoms in total. The lowest BCUT2D eigenvalue weighted by Crippen LogP contribution is -2.35. The zero-order valence-corrected chi connectivity index (χ0v) is 13.7. The van der Waals surface area contributed by atoms with Crippen LogP contribution < -0.4 is 10.2 Å². The molecule has 2 rings (SSSR count). The van der Waals surface area contributed by atoms with Gasteiger partial charge in [0.2, 0.25) is 0 Å². The monoisotopic (exact) mass is 294 g/mol. The predicted molar refractivity (Wildman–Crippen MR) is 88.7 cm³/mol. The van der Waals surface area contributed by atoms with E-state index in [2.05, 4.69) is 49.3 Å². The van der Waals surface area contributed by atoms with Crippen molar-refractivity contribution in [3.05, 3.63) is 28.8 Å². The highest BCUT2D eigenvalue weighted by Gasteiger charge is 2.22. The van der Waals surface area contributed by atoms with Gasteiger partial charge >= 0.3 is 0 Å². The van der Waals surface area contributed by atoms with Crippen LogP contribution in [0.1, 0.15) is 45.1 Å². The number of benzene rings is 1. The van der Waals surface area contributed by atoms with Crippen molar-refractivity contribution in [3.8, 4) is 0 Å². The molecule has 1 N–H and O–H groups in total. The van der Waals surface area contributed by atoms with Crippen molar-refractivity contribution in [2.75, 3.05) is 18.5 Å². The maximum Gasteiger partial charge on any atom is 0.0471 e. The van der Waals surface area contributed by atoms with E-state index in [4.69, 9.17) is 11.6 Å². The molecule has 1 aliphatic rings. The average Bonchev–Trinajstić information content (AvgIpc) is 2.45. The Kier molecular flexibility index (Phi) is 5.74. The SMILES string of the molecule is CCNCc1ccc(N(C)C2CCCC(C)C2)cc1Cl. The Hall–Kier alpha value is -0.730. The number of halogens is 1. The van der Waals surface area contributed by atoms with Gasteiger partial charge in [-0.2, -0.15) is 0 Å². The molecule has 0 bridgehead atoms. The van der Waals surface area contributed by atoms with Gasteiger partial charge in [0.15, 0.2) is 0 Å². The molecule has 0 aromatic heterocycles. The van der Waals surface area contributed by atoms with Crippen LogP contribution in [0.15, 0.2) is 18.2 Å². The number of rotatable bonds is 5. The summed E-state index contributed by atoms with van der Waals surface area (Å²) < 4.78 is 0. The van der Waals surface area contributed by atoms with Crippen molar-refractivity contribution >= 4 is 17.3 Å². The van der Waals surface area contributed by atoms with Crippen LogP contribution >= 0.6 is 11.6 Å². The molecule has 1 aromatic carbocycles. The minimum absolute atomic E-state index is 0.662. The highest BCUT2D eigenvalue weighted by molar-refractivity contribution is 6.31. The fraction of sp³-hybridized carbons (Fsp3) is 0.647. The average molecular weight is 295 g/mol. The van der Waals surface area contributed by atoms with Crippen LogP contribution in [0.2, 0.25) is 5.02 Å². The third kappa shape index (κ3) is 3.89. The summed E-state index contributed by atoms with van der Waals surface area (Å²) in [7, 11) is 2.21. The maximum atomic E-state index is 6.41. The molecule has 0 saturated heterocycles. The quantitative estimate of drug-likeness (QED) is 0.862. The lowest BCUT2D eigenvalue weighted by atomic mass is 9.86. The smallest absolute Gasteiger partial charge is 0.0471 e. The standard InChI is InChI=1S/C17H27ClN2/c1-4-19-12-14-8-9-16(11-17(14)18)20(3)15-7-5-6-13(2)10-15/h8-9,11,13,15,19H,4-7,10,12H2,1-3H3. The summed E-state index contributed by atoms with van der Waals surface area (Å²) in [6, 6.07) is 7.14. The van der Waals surface area contributed by atoms with Gasteiger partial charge < -0.3 is 10.2 Å². The zero-order chi connectivity index (χ0) is 14.5. The number of nitrogens with zero attached hydrogens (tertiary/aromatic N) is 1. The van der Waals surface area contributed by atoms with Gasteiger partial charge in [0.1, 0.15) is 0 Å². The highest BCUT2D eigenvalue weighted by atomic mass is 35.5. The van der Waals surface area contributed by atoms with Crippen molar-refractivity contribution in [2.45, 2.75) is 52.1 Å². The van der Waals surface area contributed by atoms with Gasteiger partial charge in [-0.3, -0.25) is 0 Å². The van der Waals surface area contributed by atoms with Crippen LogP contribution in [0.4, 0.5) is 5.69 Å². The number of anilines is 1. The Labute approximate surface area is 128 Å². The molecular formula is C17H27ClN2. The Bertz CT molecular complexity index is 433. The second-order valence-electron chi connectivity index (χ2n) is 6.09. The molecule has 2 unspecified atom stereocenters. The summed E-state index contributed by atoms with van der Waals surface area (Å²) in [6.45, 7) is 6.30. The molecule has 1 fully saturated rings. The van der Waals surface area contributed by atoms with E-state index in [9.17, 15) is 0 Å². The van der Waals surface area contributed by atoms with Crippen LogP contribution in [0, 0.1) is 5.92 Å². The molecule has 0 aliphatic heterocycles. The van der Waals surface area contributed by atoms with Gasteiger partial charge in [0.05, 0.1) is 0 Å². The second kappa shape index (κ2) is 7.33. The minimum Gasteiger partial charge on any atom is -0.372 e. The largest absolute Gasteiger partial charge is 0.372 e. The van der Waals surface area contributed by atoms with Crippen LogP contribution in [0.3, 0.4) is 0 Å². The van der Waals surface area contributed by atoms with Crippen molar-refractivity contribution in [1.29, 1.82) is 0 Å². The number of hydrogen-bond donors (Lipinski definition) is 1. The van der Waals surface area contributed by atoms with Crippen molar-refractivity contribution in [2.24, 2.45) is 5.92 Å². The van der Waals surface area contributed by atoms with Crippen molar-refractivity contribution < 1.29 is 0 Å². The highest BCUT2D eigenvalue weighted by Crippen LogP contribution is 2.31. The van der Waals surface area contributed by atoms with Crippen molar-refractivity contribution in [1.82, 2.24) is 5.32 Å². The lowest BCUT2D eigenvalue weighted by molar-refractivity contribution is 0.336. The lowest BCUT2D eigenvalue weighted by Gasteiger charge is -2.35. The van der Waals surface area contributed by atoms with E-state index in [1.807, 2.05) is 0 Å². The van der Waals surface area contributed by atoms with E-state index in [0.717, 1.165) is 24.0 Å². The summed E-state index contributed by atoms with van der Waals surface area (Å²) >= 11 is 6.41. The molecule has 0 spiro atoms. The first-order valence-corrected chi connectivity index (χ1v) is 8.21. The summed E-state index contributed by atoms with van der Waals surface area (Å²) in [6.07, 6.45) is 5.33. The van der Waals surface area contributed by atoms with Gasteiger partial charge in [0, 0.05) is 30.3 Å². The molecule has 112 valence electrons. The Balaban J connectivity index is 2.06. The summed E-state index contributed by atoms with van der Waals surface area (Å²) in [5.41, 5.74) is 2.43. The molecule has 0 amide bonds. The first-order valence-electron chi connectivity index (χ1n) is 7.83. The molecule has 1 aromatic rings. The number of nitrogens with one attached hydrogen (secondary N) is 1. The van der Waals surface area contributed by atoms with E-state index in [0.29, 0.717) is 6.04 Å². The van der Waals surface area contributed by atoms with Gasteiger partial charge in [0.25, 0.3) is 0 Å². The fourth-order valence-electron chi connectivity index (χ4n) is 3.12. The second-order valence-corrected chi connectivity index (χ2v) is 6.50. The van der Waals surface area contributed by atoms with E-state index in [1.165, 1.54) is 36.9 Å². The molecule has 3 heteroatoms. The van der Waals surface area contributed by atoms with E-state index < -0.39 is 0 Å². The first kappa shape index (κ1) is 15.7. The maximum absolute atomic E-state index is 6.41. The van der Waals surface area contributed by atoms with Crippen LogP contribution in [0.25, 0.3) is 0 Å².